The lowest BCUT2D eigenvalue weighted by Gasteiger charge is -2.04. The van der Waals surface area contributed by atoms with Crippen molar-refractivity contribution in [1.29, 1.82) is 0 Å². The lowest BCUT2D eigenvalue weighted by atomic mass is 10.4. The van der Waals surface area contributed by atoms with Gasteiger partial charge in [-0.15, -0.1) is 0 Å². The topological polar surface area (TPSA) is 69.6 Å². The van der Waals surface area contributed by atoms with E-state index in [1.807, 2.05) is 31.6 Å². The van der Waals surface area contributed by atoms with Gasteiger partial charge in [0.15, 0.2) is 0 Å². The Kier molecular flexibility index (Phi) is 3.33. The van der Waals surface area contributed by atoms with E-state index in [2.05, 4.69) is 15.1 Å². The summed E-state index contributed by atoms with van der Waals surface area (Å²) < 4.78 is 1.84. The largest absolute Gasteiger partial charge is 0.384 e. The third-order valence-electron chi connectivity index (χ3n) is 2.25. The third kappa shape index (κ3) is 2.76. The van der Waals surface area contributed by atoms with E-state index in [1.165, 1.54) is 0 Å². The van der Waals surface area contributed by atoms with Gasteiger partial charge >= 0.3 is 0 Å². The van der Waals surface area contributed by atoms with Crippen LogP contribution >= 0.6 is 11.8 Å². The Morgan fingerprint density at radius 2 is 2.12 bits per heavy atom. The minimum atomic E-state index is 0.512. The number of nitrogen functional groups attached to an aromatic ring is 1. The van der Waals surface area contributed by atoms with E-state index >= 15 is 0 Å². The number of rotatable bonds is 3. The first kappa shape index (κ1) is 11.9. The monoisotopic (exact) mass is 249 g/mol. The Hall–Kier alpha value is -1.56. The van der Waals surface area contributed by atoms with Crippen molar-refractivity contribution in [3.05, 3.63) is 23.7 Å². The van der Waals surface area contributed by atoms with Crippen molar-refractivity contribution in [2.24, 2.45) is 7.05 Å². The molecule has 0 aliphatic rings. The number of nitrogens with two attached hydrogens (primary N) is 1. The van der Waals surface area contributed by atoms with Crippen LogP contribution in [0.5, 0.6) is 0 Å². The second-order valence-electron chi connectivity index (χ2n) is 3.75. The van der Waals surface area contributed by atoms with Crippen LogP contribution in [-0.4, -0.2) is 19.7 Å². The molecular weight excluding hydrogens is 234 g/mol. The number of aryl methyl sites for hydroxylation is 3. The molecule has 2 aromatic rings. The van der Waals surface area contributed by atoms with Gasteiger partial charge in [0.2, 0.25) is 0 Å². The van der Waals surface area contributed by atoms with Crippen LogP contribution in [0.3, 0.4) is 0 Å². The van der Waals surface area contributed by atoms with Crippen LogP contribution in [0.4, 0.5) is 5.82 Å². The second-order valence-corrected chi connectivity index (χ2v) is 4.79. The molecule has 0 atom stereocenters. The highest BCUT2D eigenvalue weighted by Crippen LogP contribution is 2.27. The molecular formula is C11H15N5S. The quantitative estimate of drug-likeness (QED) is 0.840. The van der Waals surface area contributed by atoms with Gasteiger partial charge in [-0.25, -0.2) is 9.97 Å². The Bertz CT molecular complexity index is 535. The molecule has 17 heavy (non-hydrogen) atoms. The van der Waals surface area contributed by atoms with Crippen molar-refractivity contribution in [1.82, 2.24) is 19.7 Å². The molecule has 90 valence electrons. The summed E-state index contributed by atoms with van der Waals surface area (Å²) in [5.74, 6) is 1.28. The highest BCUT2D eigenvalue weighted by molar-refractivity contribution is 7.99. The van der Waals surface area contributed by atoms with E-state index < -0.39 is 0 Å². The highest BCUT2D eigenvalue weighted by atomic mass is 32.2. The van der Waals surface area contributed by atoms with Crippen LogP contribution in [0.15, 0.2) is 22.2 Å². The molecule has 2 heterocycles. The molecule has 0 unspecified atom stereocenters. The smallest absolute Gasteiger partial charge is 0.131 e. The molecule has 0 aromatic carbocycles. The maximum atomic E-state index is 5.75. The van der Waals surface area contributed by atoms with Gasteiger partial charge in [-0.3, -0.25) is 4.68 Å². The molecule has 0 radical (unpaired) electrons. The molecule has 0 fully saturated rings. The maximum Gasteiger partial charge on any atom is 0.131 e. The molecule has 0 spiro atoms. The van der Waals surface area contributed by atoms with Crippen LogP contribution in [0.25, 0.3) is 0 Å². The zero-order valence-electron chi connectivity index (χ0n) is 10.1. The van der Waals surface area contributed by atoms with Gasteiger partial charge in [-0.05, 0) is 13.0 Å². The second kappa shape index (κ2) is 4.75. The Labute approximate surface area is 104 Å². The summed E-state index contributed by atoms with van der Waals surface area (Å²) in [5.41, 5.74) is 6.74. The number of hydrogen-bond acceptors (Lipinski definition) is 5. The summed E-state index contributed by atoms with van der Waals surface area (Å²) in [4.78, 5) is 8.58. The molecule has 0 saturated carbocycles. The van der Waals surface area contributed by atoms with E-state index in [1.54, 1.807) is 17.8 Å². The van der Waals surface area contributed by atoms with E-state index in [9.17, 15) is 0 Å². The van der Waals surface area contributed by atoms with E-state index in [0.29, 0.717) is 5.82 Å². The maximum absolute atomic E-state index is 5.75. The summed E-state index contributed by atoms with van der Waals surface area (Å²) in [7, 11) is 1.92. The molecule has 2 rings (SSSR count). The van der Waals surface area contributed by atoms with Crippen LogP contribution in [-0.2, 0) is 13.5 Å². The number of hydrogen-bond donors (Lipinski definition) is 1. The van der Waals surface area contributed by atoms with Crippen molar-refractivity contribution in [2.45, 2.75) is 30.3 Å². The molecule has 2 aromatic heterocycles. The lowest BCUT2D eigenvalue weighted by Crippen LogP contribution is -2.00. The van der Waals surface area contributed by atoms with Gasteiger partial charge in [0.25, 0.3) is 0 Å². The van der Waals surface area contributed by atoms with Crippen molar-refractivity contribution in [3.63, 3.8) is 0 Å². The molecule has 0 saturated heterocycles. The van der Waals surface area contributed by atoms with E-state index in [4.69, 9.17) is 5.73 Å². The zero-order chi connectivity index (χ0) is 12.4. The number of anilines is 1. The third-order valence-corrected chi connectivity index (χ3v) is 3.26. The highest BCUT2D eigenvalue weighted by Gasteiger charge is 2.07. The molecule has 5 nitrogen and oxygen atoms in total. The summed E-state index contributed by atoms with van der Waals surface area (Å²) in [5, 5.41) is 6.20. The van der Waals surface area contributed by atoms with Crippen molar-refractivity contribution < 1.29 is 0 Å². The first-order valence-corrected chi connectivity index (χ1v) is 6.22. The Morgan fingerprint density at radius 3 is 2.71 bits per heavy atom. The fraction of sp³-hybridized carbons (Fsp3) is 0.364. The van der Waals surface area contributed by atoms with E-state index in [-0.39, 0.29) is 0 Å². The Balaban J connectivity index is 2.29. The Morgan fingerprint density at radius 1 is 1.35 bits per heavy atom. The van der Waals surface area contributed by atoms with Crippen molar-refractivity contribution in [3.8, 4) is 0 Å². The van der Waals surface area contributed by atoms with Gasteiger partial charge in [0, 0.05) is 19.5 Å². The first-order chi connectivity index (χ1) is 8.08. The normalized spacial score (nSPS) is 10.8. The summed E-state index contributed by atoms with van der Waals surface area (Å²) in [6, 6.07) is 3.81. The minimum Gasteiger partial charge on any atom is -0.384 e. The molecule has 6 heteroatoms. The van der Waals surface area contributed by atoms with E-state index in [0.717, 1.165) is 28.0 Å². The summed E-state index contributed by atoms with van der Waals surface area (Å²) in [6.45, 7) is 3.98. The van der Waals surface area contributed by atoms with Crippen molar-refractivity contribution >= 4 is 17.6 Å². The van der Waals surface area contributed by atoms with Crippen LogP contribution in [0, 0.1) is 6.92 Å². The average molecular weight is 249 g/mol. The first-order valence-electron chi connectivity index (χ1n) is 5.40. The zero-order valence-corrected chi connectivity index (χ0v) is 11.0. The SMILES string of the molecule is CCc1nc(N)cc(Sc2cc(C)nn2C)n1. The average Bonchev–Trinajstić information content (AvgIpc) is 2.56. The lowest BCUT2D eigenvalue weighted by molar-refractivity contribution is 0.691. The fourth-order valence-corrected chi connectivity index (χ4v) is 2.44. The molecule has 0 aliphatic carbocycles. The van der Waals surface area contributed by atoms with Gasteiger partial charge < -0.3 is 5.73 Å². The number of aromatic nitrogens is 4. The van der Waals surface area contributed by atoms with Crippen molar-refractivity contribution in [2.75, 3.05) is 5.73 Å². The standard InChI is InChI=1S/C11H15N5S/c1-4-9-13-8(12)6-10(14-9)17-11-5-7(2)15-16(11)3/h5-6H,4H2,1-3H3,(H2,12,13,14). The van der Waals surface area contributed by atoms with Crippen LogP contribution in [0.1, 0.15) is 18.4 Å². The van der Waals surface area contributed by atoms with Gasteiger partial charge in [-0.2, -0.15) is 5.10 Å². The molecule has 0 amide bonds. The summed E-state index contributed by atoms with van der Waals surface area (Å²) in [6.07, 6.45) is 0.781. The van der Waals surface area contributed by atoms with Crippen LogP contribution in [0.2, 0.25) is 0 Å². The predicted octanol–water partition coefficient (Wildman–Crippen LogP) is 1.81. The van der Waals surface area contributed by atoms with Gasteiger partial charge in [0.1, 0.15) is 21.7 Å². The minimum absolute atomic E-state index is 0.512. The predicted molar refractivity (Wildman–Crippen MR) is 67.9 cm³/mol. The molecule has 0 bridgehead atoms. The van der Waals surface area contributed by atoms with Crippen LogP contribution < -0.4 is 5.73 Å². The molecule has 0 aliphatic heterocycles. The molecule has 2 N–H and O–H groups in total. The van der Waals surface area contributed by atoms with Gasteiger partial charge in [0.05, 0.1) is 5.69 Å². The number of nitrogens with zero attached hydrogens (tertiary/aromatic N) is 4. The van der Waals surface area contributed by atoms with Gasteiger partial charge in [-0.1, -0.05) is 18.7 Å². The fourth-order valence-electron chi connectivity index (χ4n) is 1.49. The summed E-state index contributed by atoms with van der Waals surface area (Å²) >= 11 is 1.55.